The molecule has 0 saturated heterocycles. The molecule has 0 fully saturated rings. The number of benzene rings is 2. The number of pyridine rings is 1. The van der Waals surface area contributed by atoms with E-state index in [1.54, 1.807) is 0 Å². The van der Waals surface area contributed by atoms with Crippen molar-refractivity contribution in [3.8, 4) is 17.0 Å². The maximum Gasteiger partial charge on any atom is 0.129 e. The molecule has 3 heteroatoms. The van der Waals surface area contributed by atoms with Crippen molar-refractivity contribution >= 4 is 0 Å². The van der Waals surface area contributed by atoms with Crippen LogP contribution in [0.1, 0.15) is 68.5 Å². The van der Waals surface area contributed by atoms with Gasteiger partial charge in [-0.05, 0) is 62.8 Å². The highest BCUT2D eigenvalue weighted by molar-refractivity contribution is 5.70. The molecule has 0 N–H and O–H groups in total. The SMILES string of the molecule is CCOC(c1ccccc1C)c1cnc(-c2c(CC)cccc2CC)cc1OC(C)C. The van der Waals surface area contributed by atoms with Gasteiger partial charge >= 0.3 is 0 Å². The monoisotopic (exact) mass is 417 g/mol. The van der Waals surface area contributed by atoms with Crippen molar-refractivity contribution in [2.24, 2.45) is 0 Å². The molecule has 164 valence electrons. The number of hydrogen-bond acceptors (Lipinski definition) is 3. The van der Waals surface area contributed by atoms with Gasteiger partial charge in [0.2, 0.25) is 0 Å². The van der Waals surface area contributed by atoms with Crippen LogP contribution >= 0.6 is 0 Å². The molecular weight excluding hydrogens is 382 g/mol. The maximum atomic E-state index is 6.32. The summed E-state index contributed by atoms with van der Waals surface area (Å²) in [6, 6.07) is 17.0. The van der Waals surface area contributed by atoms with Gasteiger partial charge in [0.1, 0.15) is 11.9 Å². The molecule has 0 saturated carbocycles. The predicted octanol–water partition coefficient (Wildman–Crippen LogP) is 7.09. The van der Waals surface area contributed by atoms with Crippen molar-refractivity contribution in [2.75, 3.05) is 6.61 Å². The standard InChI is InChI=1S/C28H35NO2/c1-7-21-14-12-15-22(8-2)27(21)25-17-26(31-19(4)5)24(18-29-25)28(30-9-3)23-16-11-10-13-20(23)6/h10-19,28H,7-9H2,1-6H3. The second-order valence-electron chi connectivity index (χ2n) is 8.12. The first-order valence-electron chi connectivity index (χ1n) is 11.4. The lowest BCUT2D eigenvalue weighted by Gasteiger charge is -2.24. The molecule has 1 atom stereocenters. The van der Waals surface area contributed by atoms with Gasteiger partial charge in [-0.25, -0.2) is 0 Å². The van der Waals surface area contributed by atoms with E-state index in [4.69, 9.17) is 14.5 Å². The van der Waals surface area contributed by atoms with Crippen molar-refractivity contribution in [1.29, 1.82) is 0 Å². The highest BCUT2D eigenvalue weighted by atomic mass is 16.5. The summed E-state index contributed by atoms with van der Waals surface area (Å²) in [7, 11) is 0. The van der Waals surface area contributed by atoms with E-state index in [0.717, 1.165) is 35.4 Å². The summed E-state index contributed by atoms with van der Waals surface area (Å²) in [5.74, 6) is 0.842. The van der Waals surface area contributed by atoms with Crippen LogP contribution in [0.15, 0.2) is 54.7 Å². The summed E-state index contributed by atoms with van der Waals surface area (Å²) >= 11 is 0. The van der Waals surface area contributed by atoms with Gasteiger partial charge in [0.15, 0.2) is 0 Å². The number of ether oxygens (including phenoxy) is 2. The largest absolute Gasteiger partial charge is 0.490 e. The Labute approximate surface area is 187 Å². The van der Waals surface area contributed by atoms with Crippen LogP contribution < -0.4 is 4.74 Å². The third-order valence-electron chi connectivity index (χ3n) is 5.60. The molecule has 0 aliphatic rings. The Hall–Kier alpha value is -2.65. The van der Waals surface area contributed by atoms with E-state index in [-0.39, 0.29) is 12.2 Å². The van der Waals surface area contributed by atoms with Crippen LogP contribution in [-0.4, -0.2) is 17.7 Å². The summed E-state index contributed by atoms with van der Waals surface area (Å²) < 4.78 is 12.6. The van der Waals surface area contributed by atoms with Gasteiger partial charge in [-0.2, -0.15) is 0 Å². The number of aryl methyl sites for hydroxylation is 3. The normalized spacial score (nSPS) is 12.2. The highest BCUT2D eigenvalue weighted by Crippen LogP contribution is 2.38. The van der Waals surface area contributed by atoms with E-state index in [1.165, 1.54) is 22.3 Å². The summed E-state index contributed by atoms with van der Waals surface area (Å²) in [5.41, 5.74) is 8.15. The van der Waals surface area contributed by atoms with Crippen LogP contribution in [0, 0.1) is 6.92 Å². The Kier molecular flexibility index (Phi) is 7.86. The first-order chi connectivity index (χ1) is 15.0. The molecule has 0 spiro atoms. The van der Waals surface area contributed by atoms with Crippen molar-refractivity contribution in [1.82, 2.24) is 4.98 Å². The Bertz CT molecular complexity index is 987. The first-order valence-corrected chi connectivity index (χ1v) is 11.4. The highest BCUT2D eigenvalue weighted by Gasteiger charge is 2.23. The summed E-state index contributed by atoms with van der Waals surface area (Å²) in [6.07, 6.45) is 3.73. The molecule has 31 heavy (non-hydrogen) atoms. The average molecular weight is 418 g/mol. The summed E-state index contributed by atoms with van der Waals surface area (Å²) in [5, 5.41) is 0. The fourth-order valence-electron chi connectivity index (χ4n) is 4.10. The lowest BCUT2D eigenvalue weighted by molar-refractivity contribution is 0.0869. The average Bonchev–Trinajstić information content (AvgIpc) is 2.77. The molecule has 1 unspecified atom stereocenters. The van der Waals surface area contributed by atoms with Gasteiger partial charge in [-0.15, -0.1) is 0 Å². The van der Waals surface area contributed by atoms with Crippen LogP contribution in [0.2, 0.25) is 0 Å². The van der Waals surface area contributed by atoms with E-state index in [1.807, 2.05) is 13.1 Å². The molecule has 3 nitrogen and oxygen atoms in total. The first kappa shape index (κ1) is 23.0. The zero-order valence-electron chi connectivity index (χ0n) is 19.7. The van der Waals surface area contributed by atoms with E-state index >= 15 is 0 Å². The Morgan fingerprint density at radius 1 is 0.871 bits per heavy atom. The zero-order valence-corrected chi connectivity index (χ0v) is 19.7. The van der Waals surface area contributed by atoms with Crippen molar-refractivity contribution in [3.05, 3.63) is 82.5 Å². The minimum atomic E-state index is -0.214. The lowest BCUT2D eigenvalue weighted by atomic mass is 9.93. The minimum absolute atomic E-state index is 0.0558. The quantitative estimate of drug-likeness (QED) is 0.372. The van der Waals surface area contributed by atoms with Gasteiger partial charge in [-0.3, -0.25) is 4.98 Å². The predicted molar refractivity (Wildman–Crippen MR) is 129 cm³/mol. The topological polar surface area (TPSA) is 31.4 Å². The van der Waals surface area contributed by atoms with Crippen LogP contribution in [0.4, 0.5) is 0 Å². The second kappa shape index (κ2) is 10.6. The van der Waals surface area contributed by atoms with E-state index in [2.05, 4.69) is 83.1 Å². The van der Waals surface area contributed by atoms with Crippen molar-refractivity contribution in [2.45, 2.75) is 66.6 Å². The smallest absolute Gasteiger partial charge is 0.129 e. The van der Waals surface area contributed by atoms with Gasteiger partial charge in [0.25, 0.3) is 0 Å². The minimum Gasteiger partial charge on any atom is -0.490 e. The summed E-state index contributed by atoms with van der Waals surface area (Å²) in [6.45, 7) is 13.3. The van der Waals surface area contributed by atoms with E-state index in [0.29, 0.717) is 6.61 Å². The second-order valence-corrected chi connectivity index (χ2v) is 8.12. The number of nitrogens with zero attached hydrogens (tertiary/aromatic N) is 1. The molecule has 0 bridgehead atoms. The van der Waals surface area contributed by atoms with Gasteiger partial charge in [0.05, 0.1) is 11.8 Å². The van der Waals surface area contributed by atoms with Gasteiger partial charge in [-0.1, -0.05) is 56.3 Å². The fraction of sp³-hybridized carbons (Fsp3) is 0.393. The fourth-order valence-corrected chi connectivity index (χ4v) is 4.10. The summed E-state index contributed by atoms with van der Waals surface area (Å²) in [4.78, 5) is 4.93. The molecule has 0 radical (unpaired) electrons. The molecule has 3 aromatic rings. The Morgan fingerprint density at radius 2 is 1.55 bits per heavy atom. The molecule has 3 rings (SSSR count). The maximum absolute atomic E-state index is 6.32. The molecule has 1 aromatic heterocycles. The van der Waals surface area contributed by atoms with E-state index < -0.39 is 0 Å². The molecule has 0 amide bonds. The molecule has 1 heterocycles. The van der Waals surface area contributed by atoms with Crippen molar-refractivity contribution < 1.29 is 9.47 Å². The lowest BCUT2D eigenvalue weighted by Crippen LogP contribution is -2.14. The van der Waals surface area contributed by atoms with Crippen LogP contribution in [-0.2, 0) is 17.6 Å². The molecule has 2 aromatic carbocycles. The zero-order chi connectivity index (χ0) is 22.4. The Morgan fingerprint density at radius 3 is 2.13 bits per heavy atom. The van der Waals surface area contributed by atoms with Gasteiger partial charge < -0.3 is 9.47 Å². The Balaban J connectivity index is 2.19. The third-order valence-corrected chi connectivity index (χ3v) is 5.60. The van der Waals surface area contributed by atoms with Crippen LogP contribution in [0.5, 0.6) is 5.75 Å². The third kappa shape index (κ3) is 5.16. The number of hydrogen-bond donors (Lipinski definition) is 0. The molecular formula is C28H35NO2. The van der Waals surface area contributed by atoms with E-state index in [9.17, 15) is 0 Å². The van der Waals surface area contributed by atoms with Crippen LogP contribution in [0.25, 0.3) is 11.3 Å². The van der Waals surface area contributed by atoms with Gasteiger partial charge in [0, 0.05) is 30.0 Å². The molecule has 0 aliphatic carbocycles. The number of rotatable bonds is 9. The van der Waals surface area contributed by atoms with Crippen LogP contribution in [0.3, 0.4) is 0 Å². The molecule has 0 aliphatic heterocycles. The van der Waals surface area contributed by atoms with Crippen molar-refractivity contribution in [3.63, 3.8) is 0 Å². The number of aromatic nitrogens is 1.